The van der Waals surface area contributed by atoms with Gasteiger partial charge in [0.25, 0.3) is 5.91 Å². The molecule has 1 amide bonds. The van der Waals surface area contributed by atoms with Crippen LogP contribution in [0, 0.1) is 6.92 Å². The van der Waals surface area contributed by atoms with Crippen LogP contribution in [0.15, 0.2) is 48.5 Å². The Morgan fingerprint density at radius 2 is 1.83 bits per heavy atom. The second-order valence-corrected chi connectivity index (χ2v) is 5.36. The van der Waals surface area contributed by atoms with E-state index in [2.05, 4.69) is 5.32 Å². The summed E-state index contributed by atoms with van der Waals surface area (Å²) in [6.07, 6.45) is -0.668. The lowest BCUT2D eigenvalue weighted by Crippen LogP contribution is -2.30. The molecule has 5 nitrogen and oxygen atoms in total. The summed E-state index contributed by atoms with van der Waals surface area (Å²) < 4.78 is 10.6. The maximum atomic E-state index is 12.2. The van der Waals surface area contributed by atoms with Crippen molar-refractivity contribution in [1.29, 1.82) is 0 Å². The SMILES string of the molecule is CCOC(=O)c1cccc(NC(=O)C(C)Oc2ccc(C)cc2)c1. The number of hydrogen-bond acceptors (Lipinski definition) is 4. The molecule has 1 atom stereocenters. The third kappa shape index (κ3) is 4.84. The zero-order valence-corrected chi connectivity index (χ0v) is 14.0. The van der Waals surface area contributed by atoms with Crippen LogP contribution >= 0.6 is 0 Å². The molecule has 0 spiro atoms. The second kappa shape index (κ2) is 8.15. The van der Waals surface area contributed by atoms with Gasteiger partial charge in [0.2, 0.25) is 0 Å². The van der Waals surface area contributed by atoms with Gasteiger partial charge in [-0.15, -0.1) is 0 Å². The summed E-state index contributed by atoms with van der Waals surface area (Å²) in [4.78, 5) is 24.0. The van der Waals surface area contributed by atoms with Crippen molar-refractivity contribution < 1.29 is 19.1 Å². The maximum absolute atomic E-state index is 12.2. The van der Waals surface area contributed by atoms with Crippen LogP contribution in [0.4, 0.5) is 5.69 Å². The van der Waals surface area contributed by atoms with Crippen LogP contribution in [0.3, 0.4) is 0 Å². The molecule has 0 saturated heterocycles. The molecule has 0 bridgehead atoms. The van der Waals surface area contributed by atoms with E-state index >= 15 is 0 Å². The fraction of sp³-hybridized carbons (Fsp3) is 0.263. The molecule has 126 valence electrons. The molecule has 2 aromatic rings. The van der Waals surface area contributed by atoms with E-state index in [1.165, 1.54) is 0 Å². The number of ether oxygens (including phenoxy) is 2. The van der Waals surface area contributed by atoms with E-state index < -0.39 is 12.1 Å². The summed E-state index contributed by atoms with van der Waals surface area (Å²) >= 11 is 0. The molecular weight excluding hydrogens is 306 g/mol. The van der Waals surface area contributed by atoms with E-state index in [9.17, 15) is 9.59 Å². The van der Waals surface area contributed by atoms with Gasteiger partial charge in [-0.3, -0.25) is 4.79 Å². The molecule has 0 radical (unpaired) electrons. The quantitative estimate of drug-likeness (QED) is 0.824. The first-order chi connectivity index (χ1) is 11.5. The molecule has 0 fully saturated rings. The summed E-state index contributed by atoms with van der Waals surface area (Å²) in [6.45, 7) is 5.70. The molecule has 1 unspecified atom stereocenters. The van der Waals surface area contributed by atoms with E-state index in [0.717, 1.165) is 5.56 Å². The Kier molecular flexibility index (Phi) is 5.95. The van der Waals surface area contributed by atoms with Crippen LogP contribution in [-0.4, -0.2) is 24.6 Å². The van der Waals surface area contributed by atoms with Crippen LogP contribution in [0.1, 0.15) is 29.8 Å². The predicted octanol–water partition coefficient (Wildman–Crippen LogP) is 3.58. The third-order valence-corrected chi connectivity index (χ3v) is 3.34. The molecule has 1 N–H and O–H groups in total. The zero-order chi connectivity index (χ0) is 17.5. The molecule has 0 aromatic heterocycles. The number of benzene rings is 2. The molecular formula is C19H21NO4. The van der Waals surface area contributed by atoms with E-state index in [1.807, 2.05) is 31.2 Å². The average Bonchev–Trinajstić information content (AvgIpc) is 2.57. The number of esters is 1. The molecule has 2 rings (SSSR count). The van der Waals surface area contributed by atoms with Crippen LogP contribution in [0.2, 0.25) is 0 Å². The highest BCUT2D eigenvalue weighted by Crippen LogP contribution is 2.15. The third-order valence-electron chi connectivity index (χ3n) is 3.34. The van der Waals surface area contributed by atoms with E-state index in [4.69, 9.17) is 9.47 Å². The second-order valence-electron chi connectivity index (χ2n) is 5.36. The summed E-state index contributed by atoms with van der Waals surface area (Å²) in [5.41, 5.74) is 2.03. The Morgan fingerprint density at radius 1 is 1.12 bits per heavy atom. The fourth-order valence-electron chi connectivity index (χ4n) is 2.06. The minimum Gasteiger partial charge on any atom is -0.481 e. The first-order valence-corrected chi connectivity index (χ1v) is 7.81. The van der Waals surface area contributed by atoms with Gasteiger partial charge in [0.05, 0.1) is 12.2 Å². The number of nitrogens with one attached hydrogen (secondary N) is 1. The Balaban J connectivity index is 1.99. The van der Waals surface area contributed by atoms with Crippen molar-refractivity contribution in [3.05, 3.63) is 59.7 Å². The largest absolute Gasteiger partial charge is 0.481 e. The number of aryl methyl sites for hydroxylation is 1. The lowest BCUT2D eigenvalue weighted by Gasteiger charge is -2.15. The lowest BCUT2D eigenvalue weighted by atomic mass is 10.2. The minimum absolute atomic E-state index is 0.295. The molecule has 0 saturated carbocycles. The average molecular weight is 327 g/mol. The first kappa shape index (κ1) is 17.5. The van der Waals surface area contributed by atoms with Crippen LogP contribution in [0.5, 0.6) is 5.75 Å². The molecule has 0 aliphatic heterocycles. The van der Waals surface area contributed by atoms with Crippen molar-refractivity contribution in [2.75, 3.05) is 11.9 Å². The topological polar surface area (TPSA) is 64.6 Å². The maximum Gasteiger partial charge on any atom is 0.338 e. The number of anilines is 1. The van der Waals surface area contributed by atoms with E-state index in [1.54, 1.807) is 38.1 Å². The molecule has 2 aromatic carbocycles. The number of amides is 1. The summed E-state index contributed by atoms with van der Waals surface area (Å²) in [6, 6.07) is 14.1. The van der Waals surface area contributed by atoms with Crippen molar-refractivity contribution >= 4 is 17.6 Å². The first-order valence-electron chi connectivity index (χ1n) is 7.81. The summed E-state index contributed by atoms with van der Waals surface area (Å²) in [5, 5.41) is 2.74. The van der Waals surface area contributed by atoms with E-state index in [-0.39, 0.29) is 5.91 Å². The molecule has 0 aliphatic carbocycles. The van der Waals surface area contributed by atoms with Gasteiger partial charge in [-0.2, -0.15) is 0 Å². The van der Waals surface area contributed by atoms with Gasteiger partial charge in [0.15, 0.2) is 6.10 Å². The Bertz CT molecular complexity index is 710. The zero-order valence-electron chi connectivity index (χ0n) is 14.0. The van der Waals surface area contributed by atoms with Crippen molar-refractivity contribution in [2.45, 2.75) is 26.9 Å². The number of carbonyl (C=O) groups excluding carboxylic acids is 2. The number of hydrogen-bond donors (Lipinski definition) is 1. The monoisotopic (exact) mass is 327 g/mol. The molecule has 0 aliphatic rings. The Labute approximate surface area is 141 Å². The standard InChI is InChI=1S/C19H21NO4/c1-4-23-19(22)15-6-5-7-16(12-15)20-18(21)14(3)24-17-10-8-13(2)9-11-17/h5-12,14H,4H2,1-3H3,(H,20,21). The van der Waals surface area contributed by atoms with Crippen LogP contribution in [-0.2, 0) is 9.53 Å². The van der Waals surface area contributed by atoms with Crippen molar-refractivity contribution in [1.82, 2.24) is 0 Å². The predicted molar refractivity (Wildman–Crippen MR) is 92.3 cm³/mol. The van der Waals surface area contributed by atoms with Crippen molar-refractivity contribution in [3.63, 3.8) is 0 Å². The normalized spacial score (nSPS) is 11.5. The molecule has 24 heavy (non-hydrogen) atoms. The van der Waals surface area contributed by atoms with Gasteiger partial charge in [-0.25, -0.2) is 4.79 Å². The van der Waals surface area contributed by atoms with Gasteiger partial charge >= 0.3 is 5.97 Å². The Hall–Kier alpha value is -2.82. The van der Waals surface area contributed by atoms with Crippen molar-refractivity contribution in [2.24, 2.45) is 0 Å². The highest BCUT2D eigenvalue weighted by molar-refractivity contribution is 5.96. The van der Waals surface area contributed by atoms with Crippen molar-refractivity contribution in [3.8, 4) is 5.75 Å². The number of rotatable bonds is 6. The van der Waals surface area contributed by atoms with Gasteiger partial charge in [-0.05, 0) is 51.1 Å². The highest BCUT2D eigenvalue weighted by Gasteiger charge is 2.16. The van der Waals surface area contributed by atoms with Crippen LogP contribution in [0.25, 0.3) is 0 Å². The Morgan fingerprint density at radius 3 is 2.50 bits per heavy atom. The van der Waals surface area contributed by atoms with Gasteiger partial charge in [-0.1, -0.05) is 23.8 Å². The summed E-state index contributed by atoms with van der Waals surface area (Å²) in [5.74, 6) is -0.0855. The summed E-state index contributed by atoms with van der Waals surface area (Å²) in [7, 11) is 0. The van der Waals surface area contributed by atoms with Crippen LogP contribution < -0.4 is 10.1 Å². The molecule has 5 heteroatoms. The molecule has 0 heterocycles. The fourth-order valence-corrected chi connectivity index (χ4v) is 2.06. The lowest BCUT2D eigenvalue weighted by molar-refractivity contribution is -0.122. The highest BCUT2D eigenvalue weighted by atomic mass is 16.5. The minimum atomic E-state index is -0.668. The number of carbonyl (C=O) groups is 2. The van der Waals surface area contributed by atoms with E-state index in [0.29, 0.717) is 23.6 Å². The van der Waals surface area contributed by atoms with Gasteiger partial charge in [0, 0.05) is 5.69 Å². The smallest absolute Gasteiger partial charge is 0.338 e. The van der Waals surface area contributed by atoms with Gasteiger partial charge < -0.3 is 14.8 Å². The van der Waals surface area contributed by atoms with Gasteiger partial charge in [0.1, 0.15) is 5.75 Å².